The lowest BCUT2D eigenvalue weighted by atomic mass is 9.77. The lowest BCUT2D eigenvalue weighted by Crippen LogP contribution is -2.46. The van der Waals surface area contributed by atoms with Crippen LogP contribution in [0, 0.1) is 5.41 Å². The molecule has 0 unspecified atom stereocenters. The van der Waals surface area contributed by atoms with Crippen LogP contribution in [-0.4, -0.2) is 72.9 Å². The lowest BCUT2D eigenvalue weighted by Gasteiger charge is -2.38. The number of nitrogens with one attached hydrogen (secondary N) is 1. The number of hydrogen-bond acceptors (Lipinski definition) is 6. The summed E-state index contributed by atoms with van der Waals surface area (Å²) in [6.45, 7) is 2.74. The molecule has 0 saturated carbocycles. The number of ether oxygens (including phenoxy) is 2. The number of benzene rings is 2. The Morgan fingerprint density at radius 2 is 1.72 bits per heavy atom. The second-order valence-electron chi connectivity index (χ2n) is 10.3. The number of cyclic esters (lactones) is 1. The molecular formula is C29H31N5O5. The highest BCUT2D eigenvalue weighted by atomic mass is 16.6. The molecule has 4 heterocycles. The van der Waals surface area contributed by atoms with Gasteiger partial charge in [0.1, 0.15) is 5.75 Å². The molecule has 3 amide bonds. The van der Waals surface area contributed by atoms with Crippen LogP contribution in [0.4, 0.5) is 16.2 Å². The highest BCUT2D eigenvalue weighted by Gasteiger charge is 2.49. The third-order valence-electron chi connectivity index (χ3n) is 8.22. The first kappa shape index (κ1) is 25.0. The first-order chi connectivity index (χ1) is 19.0. The summed E-state index contributed by atoms with van der Waals surface area (Å²) in [4.78, 5) is 44.2. The van der Waals surface area contributed by atoms with Crippen LogP contribution in [0.3, 0.4) is 0 Å². The smallest absolute Gasteiger partial charge is 0.414 e. The van der Waals surface area contributed by atoms with E-state index in [1.165, 1.54) is 0 Å². The van der Waals surface area contributed by atoms with E-state index in [-0.39, 0.29) is 17.9 Å². The third-order valence-corrected chi connectivity index (χ3v) is 8.22. The molecule has 202 valence electrons. The third kappa shape index (κ3) is 4.49. The van der Waals surface area contributed by atoms with Gasteiger partial charge in [-0.1, -0.05) is 0 Å². The van der Waals surface area contributed by atoms with Gasteiger partial charge in [-0.15, -0.1) is 0 Å². The van der Waals surface area contributed by atoms with Crippen molar-refractivity contribution < 1.29 is 23.9 Å². The fourth-order valence-electron chi connectivity index (χ4n) is 5.91. The summed E-state index contributed by atoms with van der Waals surface area (Å²) >= 11 is 0. The van der Waals surface area contributed by atoms with Gasteiger partial charge in [-0.05, 0) is 62.1 Å². The fraction of sp³-hybridized carbons (Fsp3) is 0.379. The zero-order chi connectivity index (χ0) is 27.0. The van der Waals surface area contributed by atoms with Gasteiger partial charge in [0.25, 0.3) is 5.91 Å². The number of hydrogen-bond donors (Lipinski definition) is 1. The fourth-order valence-corrected chi connectivity index (χ4v) is 5.91. The number of aromatic amines is 1. The van der Waals surface area contributed by atoms with Gasteiger partial charge in [0.15, 0.2) is 0 Å². The van der Waals surface area contributed by atoms with Crippen molar-refractivity contribution in [3.63, 3.8) is 0 Å². The summed E-state index contributed by atoms with van der Waals surface area (Å²) in [6, 6.07) is 12.9. The predicted octanol–water partition coefficient (Wildman–Crippen LogP) is 4.09. The van der Waals surface area contributed by atoms with Crippen LogP contribution in [0.2, 0.25) is 0 Å². The standard InChI is InChI=1S/C29H31N5O5/c1-38-25-17-23(7-8-24(25)21-18-30-31-19-21)33-15-11-29(27(33)36)9-13-32(14-10-29)26(35)20-3-5-22(6-4-20)34-12-2-16-39-28(34)37/h3-8,17-19H,2,9-16H2,1H3,(H,30,31). The van der Waals surface area contributed by atoms with Crippen molar-refractivity contribution in [2.75, 3.05) is 49.7 Å². The molecule has 3 aromatic rings. The monoisotopic (exact) mass is 529 g/mol. The maximum Gasteiger partial charge on any atom is 0.414 e. The average molecular weight is 530 g/mol. The normalized spacial score (nSPS) is 18.9. The molecule has 39 heavy (non-hydrogen) atoms. The Morgan fingerprint density at radius 1 is 0.974 bits per heavy atom. The van der Waals surface area contributed by atoms with Gasteiger partial charge >= 0.3 is 6.09 Å². The van der Waals surface area contributed by atoms with Crippen molar-refractivity contribution >= 4 is 29.3 Å². The Bertz CT molecular complexity index is 1380. The largest absolute Gasteiger partial charge is 0.496 e. The Kier molecular flexibility index (Phi) is 6.46. The highest BCUT2D eigenvalue weighted by molar-refractivity contribution is 6.01. The molecule has 6 rings (SSSR count). The van der Waals surface area contributed by atoms with E-state index in [1.54, 1.807) is 42.5 Å². The van der Waals surface area contributed by atoms with Gasteiger partial charge in [0, 0.05) is 66.5 Å². The van der Waals surface area contributed by atoms with Crippen LogP contribution in [0.1, 0.15) is 36.0 Å². The van der Waals surface area contributed by atoms with E-state index in [0.717, 1.165) is 35.3 Å². The number of rotatable bonds is 5. The van der Waals surface area contributed by atoms with E-state index in [4.69, 9.17) is 9.47 Å². The van der Waals surface area contributed by atoms with E-state index in [2.05, 4.69) is 10.2 Å². The quantitative estimate of drug-likeness (QED) is 0.533. The summed E-state index contributed by atoms with van der Waals surface area (Å²) in [5, 5.41) is 6.83. The topological polar surface area (TPSA) is 108 Å². The van der Waals surface area contributed by atoms with Gasteiger partial charge in [-0.3, -0.25) is 19.6 Å². The van der Waals surface area contributed by atoms with Gasteiger partial charge in [-0.25, -0.2) is 4.79 Å². The number of amides is 3. The molecule has 10 nitrogen and oxygen atoms in total. The first-order valence-electron chi connectivity index (χ1n) is 13.3. The van der Waals surface area contributed by atoms with Gasteiger partial charge < -0.3 is 19.3 Å². The second kappa shape index (κ2) is 10.1. The number of likely N-dealkylation sites (tertiary alicyclic amines) is 1. The number of methoxy groups -OCH3 is 1. The van der Waals surface area contributed by atoms with Crippen LogP contribution < -0.4 is 14.5 Å². The molecule has 1 aromatic heterocycles. The Balaban J connectivity index is 1.11. The SMILES string of the molecule is COc1cc(N2CCC3(CCN(C(=O)c4ccc(N5CCCOC5=O)cc4)CC3)C2=O)ccc1-c1cn[nH]c1. The number of carbonyl (C=O) groups excluding carboxylic acids is 3. The molecule has 0 radical (unpaired) electrons. The molecule has 0 bridgehead atoms. The van der Waals surface area contributed by atoms with Crippen LogP contribution in [-0.2, 0) is 9.53 Å². The molecule has 0 atom stereocenters. The second-order valence-corrected chi connectivity index (χ2v) is 10.3. The number of H-pyrrole nitrogens is 1. The molecular weight excluding hydrogens is 498 g/mol. The van der Waals surface area contributed by atoms with Crippen molar-refractivity contribution in [2.24, 2.45) is 5.41 Å². The number of anilines is 2. The van der Waals surface area contributed by atoms with Crippen LogP contribution >= 0.6 is 0 Å². The molecule has 3 saturated heterocycles. The zero-order valence-electron chi connectivity index (χ0n) is 21.9. The predicted molar refractivity (Wildman–Crippen MR) is 145 cm³/mol. The summed E-state index contributed by atoms with van der Waals surface area (Å²) in [7, 11) is 1.62. The number of carbonyl (C=O) groups is 3. The Hall–Kier alpha value is -4.34. The molecule has 1 spiro atoms. The van der Waals surface area contributed by atoms with Crippen LogP contribution in [0.25, 0.3) is 11.1 Å². The van der Waals surface area contributed by atoms with Crippen molar-refractivity contribution in [2.45, 2.75) is 25.7 Å². The zero-order valence-corrected chi connectivity index (χ0v) is 21.9. The van der Waals surface area contributed by atoms with Gasteiger partial charge in [0.05, 0.1) is 25.3 Å². The minimum Gasteiger partial charge on any atom is -0.496 e. The Labute approximate surface area is 226 Å². The van der Waals surface area contributed by atoms with Crippen molar-refractivity contribution in [1.82, 2.24) is 15.1 Å². The maximum atomic E-state index is 13.7. The minimum absolute atomic E-state index is 0.0560. The molecule has 10 heteroatoms. The molecule has 2 aromatic carbocycles. The van der Waals surface area contributed by atoms with Crippen LogP contribution in [0.5, 0.6) is 5.75 Å². The van der Waals surface area contributed by atoms with E-state index in [1.807, 2.05) is 34.2 Å². The average Bonchev–Trinajstić information content (AvgIpc) is 3.62. The first-order valence-corrected chi connectivity index (χ1v) is 13.3. The van der Waals surface area contributed by atoms with Crippen molar-refractivity contribution in [3.8, 4) is 16.9 Å². The van der Waals surface area contributed by atoms with E-state index < -0.39 is 5.41 Å². The summed E-state index contributed by atoms with van der Waals surface area (Å²) in [5.41, 5.74) is 3.49. The van der Waals surface area contributed by atoms with E-state index in [9.17, 15) is 14.4 Å². The maximum absolute atomic E-state index is 13.7. The van der Waals surface area contributed by atoms with Gasteiger partial charge in [-0.2, -0.15) is 5.10 Å². The Morgan fingerprint density at radius 3 is 2.41 bits per heavy atom. The summed E-state index contributed by atoms with van der Waals surface area (Å²) in [5.74, 6) is 0.747. The van der Waals surface area contributed by atoms with Gasteiger partial charge in [0.2, 0.25) is 5.91 Å². The van der Waals surface area contributed by atoms with E-state index in [0.29, 0.717) is 56.9 Å². The van der Waals surface area contributed by atoms with E-state index >= 15 is 0 Å². The minimum atomic E-state index is -0.453. The molecule has 3 aliphatic rings. The van der Waals surface area contributed by atoms with Crippen molar-refractivity contribution in [3.05, 3.63) is 60.4 Å². The number of nitrogens with zero attached hydrogens (tertiary/aromatic N) is 4. The van der Waals surface area contributed by atoms with Crippen LogP contribution in [0.15, 0.2) is 54.9 Å². The number of piperidine rings is 1. The molecule has 1 N–H and O–H groups in total. The number of aromatic nitrogens is 2. The summed E-state index contributed by atoms with van der Waals surface area (Å²) < 4.78 is 10.7. The molecule has 3 fully saturated rings. The van der Waals surface area contributed by atoms with Crippen molar-refractivity contribution in [1.29, 1.82) is 0 Å². The highest BCUT2D eigenvalue weighted by Crippen LogP contribution is 2.44. The lowest BCUT2D eigenvalue weighted by molar-refractivity contribution is -0.127. The summed E-state index contributed by atoms with van der Waals surface area (Å²) in [6.07, 6.45) is 6.00. The molecule has 0 aliphatic carbocycles. The molecule has 3 aliphatic heterocycles.